The van der Waals surface area contributed by atoms with Crippen LogP contribution in [0.4, 0.5) is 4.39 Å². The summed E-state index contributed by atoms with van der Waals surface area (Å²) in [5.41, 5.74) is 0.532. The van der Waals surface area contributed by atoms with E-state index in [1.807, 2.05) is 0 Å². The van der Waals surface area contributed by atoms with Crippen LogP contribution in [0.5, 0.6) is 0 Å². The summed E-state index contributed by atoms with van der Waals surface area (Å²) in [6, 6.07) is 1.67. The molecule has 1 rings (SSSR count). The molecule has 0 aromatic carbocycles. The predicted molar refractivity (Wildman–Crippen MR) is 26.9 cm³/mol. The van der Waals surface area contributed by atoms with E-state index in [1.54, 1.807) is 11.4 Å². The molecule has 0 unspecified atom stereocenters. The largest absolute Gasteiger partial charge is 0.244 e. The molecule has 1 aromatic heterocycles. The van der Waals surface area contributed by atoms with Crippen LogP contribution in [-0.4, -0.2) is 4.37 Å². The van der Waals surface area contributed by atoms with Crippen LogP contribution in [0.3, 0.4) is 0 Å². The number of rotatable bonds is 1. The van der Waals surface area contributed by atoms with Gasteiger partial charge in [0.05, 0.1) is 5.69 Å². The third-order valence-electron chi connectivity index (χ3n) is 0.628. The van der Waals surface area contributed by atoms with E-state index in [0.29, 0.717) is 5.69 Å². The summed E-state index contributed by atoms with van der Waals surface area (Å²) < 4.78 is 15.2. The second-order valence-corrected chi connectivity index (χ2v) is 1.79. The molecule has 0 aliphatic carbocycles. The lowest BCUT2D eigenvalue weighted by atomic mass is 10.5. The molecule has 0 aliphatic rings. The molecule has 0 bridgehead atoms. The van der Waals surface area contributed by atoms with Crippen molar-refractivity contribution in [3.8, 4) is 0 Å². The van der Waals surface area contributed by atoms with Gasteiger partial charge in [0.1, 0.15) is 6.67 Å². The van der Waals surface area contributed by atoms with E-state index in [4.69, 9.17) is 0 Å². The summed E-state index contributed by atoms with van der Waals surface area (Å²) in [5.74, 6) is 0. The second-order valence-electron chi connectivity index (χ2n) is 1.12. The van der Waals surface area contributed by atoms with E-state index in [2.05, 4.69) is 4.37 Å². The minimum atomic E-state index is -0.441. The number of hydrogen-bond acceptors (Lipinski definition) is 2. The molecule has 1 heterocycles. The summed E-state index contributed by atoms with van der Waals surface area (Å²) in [5, 5.41) is 1.76. The summed E-state index contributed by atoms with van der Waals surface area (Å²) in [7, 11) is 0. The average molecular weight is 117 g/mol. The Balaban J connectivity index is 2.76. The fourth-order valence-electron chi connectivity index (χ4n) is 0.306. The van der Waals surface area contributed by atoms with Gasteiger partial charge in [-0.15, -0.1) is 0 Å². The van der Waals surface area contributed by atoms with Gasteiger partial charge in [-0.2, -0.15) is 4.37 Å². The topological polar surface area (TPSA) is 12.9 Å². The average Bonchev–Trinajstić information content (AvgIpc) is 2.14. The zero-order chi connectivity index (χ0) is 5.11. The lowest BCUT2D eigenvalue weighted by Crippen LogP contribution is -1.70. The standard InChI is InChI=1S/C4H4FNS/c5-3-4-1-2-7-6-4/h1-2H,3H2. The highest BCUT2D eigenvalue weighted by atomic mass is 32.1. The van der Waals surface area contributed by atoms with E-state index in [9.17, 15) is 4.39 Å². The Hall–Kier alpha value is -0.440. The number of nitrogens with zero attached hydrogens (tertiary/aromatic N) is 1. The maximum Gasteiger partial charge on any atom is 0.132 e. The molecule has 0 saturated carbocycles. The van der Waals surface area contributed by atoms with Crippen molar-refractivity contribution >= 4 is 11.5 Å². The highest BCUT2D eigenvalue weighted by Crippen LogP contribution is 1.99. The Bertz CT molecular complexity index is 126. The van der Waals surface area contributed by atoms with E-state index >= 15 is 0 Å². The normalized spacial score (nSPS) is 9.29. The van der Waals surface area contributed by atoms with Crippen molar-refractivity contribution in [1.29, 1.82) is 0 Å². The highest BCUT2D eigenvalue weighted by molar-refractivity contribution is 7.03. The molecule has 0 spiro atoms. The maximum atomic E-state index is 11.5. The van der Waals surface area contributed by atoms with E-state index < -0.39 is 6.67 Å². The Morgan fingerprint density at radius 2 is 2.71 bits per heavy atom. The van der Waals surface area contributed by atoms with Crippen LogP contribution in [0.15, 0.2) is 11.4 Å². The molecule has 7 heavy (non-hydrogen) atoms. The zero-order valence-corrected chi connectivity index (χ0v) is 4.41. The van der Waals surface area contributed by atoms with Crippen LogP contribution in [-0.2, 0) is 6.67 Å². The van der Waals surface area contributed by atoms with Gasteiger partial charge >= 0.3 is 0 Å². The third kappa shape index (κ3) is 0.962. The minimum Gasteiger partial charge on any atom is -0.244 e. The Morgan fingerprint density at radius 3 is 3.00 bits per heavy atom. The molecule has 0 N–H and O–H groups in total. The number of alkyl halides is 1. The molecule has 1 aromatic rings. The molecule has 0 saturated heterocycles. The second kappa shape index (κ2) is 2.02. The number of hydrogen-bond donors (Lipinski definition) is 0. The smallest absolute Gasteiger partial charge is 0.132 e. The monoisotopic (exact) mass is 117 g/mol. The van der Waals surface area contributed by atoms with Gasteiger partial charge in [0, 0.05) is 5.38 Å². The fraction of sp³-hybridized carbons (Fsp3) is 0.250. The van der Waals surface area contributed by atoms with Crippen LogP contribution in [0, 0.1) is 0 Å². The van der Waals surface area contributed by atoms with Crippen molar-refractivity contribution in [1.82, 2.24) is 4.37 Å². The first kappa shape index (κ1) is 4.71. The van der Waals surface area contributed by atoms with Crippen molar-refractivity contribution in [3.63, 3.8) is 0 Å². The minimum absolute atomic E-state index is 0.441. The van der Waals surface area contributed by atoms with Gasteiger partial charge in [-0.3, -0.25) is 0 Å². The van der Waals surface area contributed by atoms with Crippen LogP contribution < -0.4 is 0 Å². The number of halogens is 1. The van der Waals surface area contributed by atoms with Crippen molar-refractivity contribution in [3.05, 3.63) is 17.1 Å². The first-order valence-electron chi connectivity index (χ1n) is 1.88. The van der Waals surface area contributed by atoms with Crippen molar-refractivity contribution in [2.24, 2.45) is 0 Å². The van der Waals surface area contributed by atoms with Gasteiger partial charge in [-0.1, -0.05) is 0 Å². The van der Waals surface area contributed by atoms with Crippen molar-refractivity contribution in [2.45, 2.75) is 6.67 Å². The van der Waals surface area contributed by atoms with Crippen LogP contribution in [0.1, 0.15) is 5.69 Å². The van der Waals surface area contributed by atoms with Gasteiger partial charge < -0.3 is 0 Å². The van der Waals surface area contributed by atoms with E-state index in [-0.39, 0.29) is 0 Å². The Labute approximate surface area is 45.0 Å². The zero-order valence-electron chi connectivity index (χ0n) is 3.60. The maximum absolute atomic E-state index is 11.5. The molecular weight excluding hydrogens is 113 g/mol. The molecular formula is C4H4FNS. The Kier molecular flexibility index (Phi) is 1.36. The molecule has 0 atom stereocenters. The molecule has 0 aliphatic heterocycles. The third-order valence-corrected chi connectivity index (χ3v) is 1.23. The van der Waals surface area contributed by atoms with Crippen molar-refractivity contribution < 1.29 is 4.39 Å². The van der Waals surface area contributed by atoms with E-state index in [0.717, 1.165) is 0 Å². The Morgan fingerprint density at radius 1 is 1.86 bits per heavy atom. The van der Waals surface area contributed by atoms with Gasteiger partial charge in [-0.05, 0) is 17.6 Å². The molecule has 0 radical (unpaired) electrons. The summed E-state index contributed by atoms with van der Waals surface area (Å²) in [6.45, 7) is -0.441. The van der Waals surface area contributed by atoms with Gasteiger partial charge in [-0.25, -0.2) is 4.39 Å². The quantitative estimate of drug-likeness (QED) is 0.544. The predicted octanol–water partition coefficient (Wildman–Crippen LogP) is 1.61. The first-order chi connectivity index (χ1) is 3.43. The molecule has 3 heteroatoms. The van der Waals surface area contributed by atoms with Gasteiger partial charge in [0.2, 0.25) is 0 Å². The number of aromatic nitrogens is 1. The first-order valence-corrected chi connectivity index (χ1v) is 2.72. The molecule has 38 valence electrons. The summed E-state index contributed by atoms with van der Waals surface area (Å²) >= 11 is 1.27. The van der Waals surface area contributed by atoms with E-state index in [1.165, 1.54) is 11.5 Å². The van der Waals surface area contributed by atoms with Crippen molar-refractivity contribution in [2.75, 3.05) is 0 Å². The lowest BCUT2D eigenvalue weighted by Gasteiger charge is -1.73. The highest BCUT2D eigenvalue weighted by Gasteiger charge is 1.87. The van der Waals surface area contributed by atoms with Crippen LogP contribution >= 0.6 is 11.5 Å². The van der Waals surface area contributed by atoms with Crippen LogP contribution in [0.2, 0.25) is 0 Å². The van der Waals surface area contributed by atoms with Crippen LogP contribution in [0.25, 0.3) is 0 Å². The molecule has 0 fully saturated rings. The summed E-state index contributed by atoms with van der Waals surface area (Å²) in [4.78, 5) is 0. The SMILES string of the molecule is FCc1ccsn1. The molecule has 0 amide bonds. The molecule has 1 nitrogen and oxygen atoms in total. The van der Waals surface area contributed by atoms with Gasteiger partial charge in [0.15, 0.2) is 0 Å². The summed E-state index contributed by atoms with van der Waals surface area (Å²) in [6.07, 6.45) is 0. The fourth-order valence-corrected chi connectivity index (χ4v) is 0.830. The lowest BCUT2D eigenvalue weighted by molar-refractivity contribution is 0.479. The van der Waals surface area contributed by atoms with Gasteiger partial charge in [0.25, 0.3) is 0 Å².